The first-order valence-corrected chi connectivity index (χ1v) is 9.39. The highest BCUT2D eigenvalue weighted by molar-refractivity contribution is 5.77. The molecule has 3 rings (SSSR count). The van der Waals surface area contributed by atoms with Crippen molar-refractivity contribution in [1.82, 2.24) is 19.4 Å². The molecule has 0 saturated carbocycles. The Balaban J connectivity index is 1.77. The highest BCUT2D eigenvalue weighted by atomic mass is 19.4. The van der Waals surface area contributed by atoms with Crippen molar-refractivity contribution in [2.75, 3.05) is 6.54 Å². The minimum absolute atomic E-state index is 0.0643. The van der Waals surface area contributed by atoms with E-state index in [4.69, 9.17) is 0 Å². The van der Waals surface area contributed by atoms with Gasteiger partial charge in [-0.2, -0.15) is 26.3 Å². The van der Waals surface area contributed by atoms with Crippen LogP contribution in [0.15, 0.2) is 46.0 Å². The zero-order valence-corrected chi connectivity index (χ0v) is 17.2. The fourth-order valence-corrected chi connectivity index (χ4v) is 2.93. The lowest BCUT2D eigenvalue weighted by Gasteiger charge is -2.12. The number of aromatic nitrogens is 3. The molecular formula is C21H14F6N4O3. The van der Waals surface area contributed by atoms with Gasteiger partial charge in [0.25, 0.3) is 5.56 Å². The summed E-state index contributed by atoms with van der Waals surface area (Å²) < 4.78 is 78.0. The van der Waals surface area contributed by atoms with E-state index in [1.54, 1.807) is 0 Å². The molecule has 0 bridgehead atoms. The average Bonchev–Trinajstić information content (AvgIpc) is 2.76. The molecule has 0 radical (unpaired) electrons. The van der Waals surface area contributed by atoms with Crippen molar-refractivity contribution in [3.05, 3.63) is 74.1 Å². The normalized spacial score (nSPS) is 11.7. The first-order chi connectivity index (χ1) is 15.8. The number of hydrogen-bond acceptors (Lipinski definition) is 4. The molecule has 3 aromatic rings. The van der Waals surface area contributed by atoms with Crippen LogP contribution in [0.2, 0.25) is 0 Å². The fraction of sp³-hybridized carbons (Fsp3) is 0.238. The second-order valence-corrected chi connectivity index (χ2v) is 6.96. The van der Waals surface area contributed by atoms with Crippen molar-refractivity contribution in [3.63, 3.8) is 0 Å². The van der Waals surface area contributed by atoms with E-state index in [0.717, 1.165) is 25.2 Å². The van der Waals surface area contributed by atoms with Gasteiger partial charge in [0, 0.05) is 12.6 Å². The molecule has 0 saturated heterocycles. The first kappa shape index (κ1) is 24.6. The van der Waals surface area contributed by atoms with Gasteiger partial charge in [-0.15, -0.1) is 0 Å². The van der Waals surface area contributed by atoms with Gasteiger partial charge < -0.3 is 5.32 Å². The molecule has 0 aliphatic heterocycles. The molecule has 2 heterocycles. The lowest BCUT2D eigenvalue weighted by Crippen LogP contribution is -2.43. The molecule has 1 amide bonds. The number of pyridine rings is 1. The third-order valence-electron chi connectivity index (χ3n) is 4.57. The van der Waals surface area contributed by atoms with E-state index in [1.165, 1.54) is 12.1 Å². The summed E-state index contributed by atoms with van der Waals surface area (Å²) in [7, 11) is 1.10. The molecule has 0 spiro atoms. The van der Waals surface area contributed by atoms with Crippen LogP contribution in [0, 0.1) is 11.8 Å². The Morgan fingerprint density at radius 1 is 1.06 bits per heavy atom. The Morgan fingerprint density at radius 3 is 2.41 bits per heavy atom. The van der Waals surface area contributed by atoms with Crippen LogP contribution in [0.3, 0.4) is 0 Å². The van der Waals surface area contributed by atoms with E-state index in [0.29, 0.717) is 15.2 Å². The number of amides is 1. The number of carbonyl (C=O) groups is 1. The number of benzene rings is 1. The van der Waals surface area contributed by atoms with Crippen LogP contribution in [0.5, 0.6) is 0 Å². The lowest BCUT2D eigenvalue weighted by atomic mass is 10.1. The molecule has 13 heteroatoms. The first-order valence-electron chi connectivity index (χ1n) is 9.39. The van der Waals surface area contributed by atoms with E-state index in [1.807, 2.05) is 0 Å². The molecule has 7 nitrogen and oxygen atoms in total. The summed E-state index contributed by atoms with van der Waals surface area (Å²) in [4.78, 5) is 40.5. The van der Waals surface area contributed by atoms with Crippen molar-refractivity contribution in [1.29, 1.82) is 0 Å². The second-order valence-electron chi connectivity index (χ2n) is 6.96. The topological polar surface area (TPSA) is 86.0 Å². The molecule has 34 heavy (non-hydrogen) atoms. The Bertz CT molecular complexity index is 1440. The highest BCUT2D eigenvalue weighted by Gasteiger charge is 2.33. The maximum atomic E-state index is 12.9. The molecule has 0 fully saturated rings. The summed E-state index contributed by atoms with van der Waals surface area (Å²) in [5.74, 6) is 4.08. The third-order valence-corrected chi connectivity index (χ3v) is 4.57. The van der Waals surface area contributed by atoms with Crippen LogP contribution in [0.4, 0.5) is 26.3 Å². The van der Waals surface area contributed by atoms with E-state index >= 15 is 0 Å². The van der Waals surface area contributed by atoms with E-state index in [9.17, 15) is 40.7 Å². The number of halogens is 6. The van der Waals surface area contributed by atoms with Gasteiger partial charge in [-0.05, 0) is 30.3 Å². The number of carbonyl (C=O) groups excluding carboxylic acids is 1. The SMILES string of the molecule is Cn1c(=O)n(CC(=O)NCC#Cc2cccc(C(F)(F)F)c2)c(=O)c2ccc(C(F)(F)F)nc21. The van der Waals surface area contributed by atoms with Crippen molar-refractivity contribution in [2.45, 2.75) is 18.9 Å². The zero-order valence-electron chi connectivity index (χ0n) is 17.2. The van der Waals surface area contributed by atoms with Crippen LogP contribution >= 0.6 is 0 Å². The molecule has 2 aromatic heterocycles. The van der Waals surface area contributed by atoms with E-state index in [2.05, 4.69) is 22.1 Å². The number of fused-ring (bicyclic) bond motifs is 1. The van der Waals surface area contributed by atoms with Crippen LogP contribution in [0.1, 0.15) is 16.8 Å². The van der Waals surface area contributed by atoms with Crippen LogP contribution in [-0.4, -0.2) is 26.6 Å². The molecule has 0 aliphatic rings. The standard InChI is InChI=1S/C21H14F6N4O3/c1-30-17-14(7-8-15(29-17)21(25,26)27)18(33)31(19(30)34)11-16(32)28-9-3-5-12-4-2-6-13(10-12)20(22,23)24/h2,4,6-8,10H,9,11H2,1H3,(H,28,32). The molecular weight excluding hydrogens is 470 g/mol. The van der Waals surface area contributed by atoms with Crippen LogP contribution in [0.25, 0.3) is 11.0 Å². The maximum absolute atomic E-state index is 12.9. The van der Waals surface area contributed by atoms with E-state index in [-0.39, 0.29) is 17.5 Å². The van der Waals surface area contributed by atoms with Crippen LogP contribution < -0.4 is 16.6 Å². The Kier molecular flexibility index (Phi) is 6.53. The molecule has 0 aliphatic carbocycles. The third kappa shape index (κ3) is 5.28. The van der Waals surface area contributed by atoms with Gasteiger partial charge in [0.1, 0.15) is 17.9 Å². The number of alkyl halides is 6. The van der Waals surface area contributed by atoms with Crippen molar-refractivity contribution in [2.24, 2.45) is 7.05 Å². The summed E-state index contributed by atoms with van der Waals surface area (Å²) in [5, 5.41) is 1.99. The van der Waals surface area contributed by atoms with Gasteiger partial charge in [-0.1, -0.05) is 17.9 Å². The minimum Gasteiger partial charge on any atom is -0.344 e. The van der Waals surface area contributed by atoms with Gasteiger partial charge in [0.15, 0.2) is 0 Å². The molecule has 178 valence electrons. The Labute approximate surface area is 186 Å². The highest BCUT2D eigenvalue weighted by Crippen LogP contribution is 2.29. The predicted octanol–water partition coefficient (Wildman–Crippen LogP) is 2.30. The monoisotopic (exact) mass is 484 g/mol. The van der Waals surface area contributed by atoms with Crippen LogP contribution in [-0.2, 0) is 30.7 Å². The summed E-state index contributed by atoms with van der Waals surface area (Å²) in [6.45, 7) is -1.05. The van der Waals surface area contributed by atoms with Gasteiger partial charge in [-0.3, -0.25) is 18.7 Å². The van der Waals surface area contributed by atoms with E-state index < -0.39 is 53.0 Å². The number of rotatable bonds is 3. The maximum Gasteiger partial charge on any atom is 0.433 e. The smallest absolute Gasteiger partial charge is 0.344 e. The quantitative estimate of drug-likeness (QED) is 0.457. The lowest BCUT2D eigenvalue weighted by molar-refractivity contribution is -0.141. The number of aryl methyl sites for hydroxylation is 1. The molecule has 0 unspecified atom stereocenters. The van der Waals surface area contributed by atoms with Gasteiger partial charge in [-0.25, -0.2) is 9.78 Å². The van der Waals surface area contributed by atoms with Gasteiger partial charge in [0.05, 0.1) is 17.5 Å². The second kappa shape index (κ2) is 9.05. The molecule has 1 aromatic carbocycles. The summed E-state index contributed by atoms with van der Waals surface area (Å²) in [5.41, 5.74) is -4.67. The summed E-state index contributed by atoms with van der Waals surface area (Å²) in [6, 6.07) is 5.70. The van der Waals surface area contributed by atoms with Gasteiger partial charge in [0.2, 0.25) is 5.91 Å². The predicted molar refractivity (Wildman–Crippen MR) is 108 cm³/mol. The number of nitrogens with zero attached hydrogens (tertiary/aromatic N) is 3. The number of hydrogen-bond donors (Lipinski definition) is 1. The zero-order chi connectivity index (χ0) is 25.3. The van der Waals surface area contributed by atoms with Crippen molar-refractivity contribution >= 4 is 16.9 Å². The van der Waals surface area contributed by atoms with Crippen molar-refractivity contribution < 1.29 is 31.1 Å². The Morgan fingerprint density at radius 2 is 1.76 bits per heavy atom. The Hall–Kier alpha value is -4.08. The molecule has 1 N–H and O–H groups in total. The van der Waals surface area contributed by atoms with Gasteiger partial charge >= 0.3 is 18.0 Å². The summed E-state index contributed by atoms with van der Waals surface area (Å²) in [6.07, 6.45) is -9.32. The largest absolute Gasteiger partial charge is 0.433 e. The minimum atomic E-state index is -4.78. The number of nitrogens with one attached hydrogen (secondary N) is 1. The fourth-order valence-electron chi connectivity index (χ4n) is 2.93. The average molecular weight is 484 g/mol. The summed E-state index contributed by atoms with van der Waals surface area (Å²) >= 11 is 0. The van der Waals surface area contributed by atoms with Crippen molar-refractivity contribution in [3.8, 4) is 11.8 Å². The molecule has 0 atom stereocenters.